The summed E-state index contributed by atoms with van der Waals surface area (Å²) in [5.41, 5.74) is 10.6. The van der Waals surface area contributed by atoms with Gasteiger partial charge in [-0.15, -0.1) is 0 Å². The number of hydrogen-bond acceptors (Lipinski definition) is 7. The highest BCUT2D eigenvalue weighted by molar-refractivity contribution is 5.97. The molecule has 2 aliphatic carbocycles. The number of aliphatic hydroxyl groups is 1. The van der Waals surface area contributed by atoms with E-state index in [1.165, 1.54) is 12.8 Å². The zero-order valence-electron chi connectivity index (χ0n) is 26.8. The summed E-state index contributed by atoms with van der Waals surface area (Å²) >= 11 is 0. The SMILES string of the molecule is COc1cc(C(=O)N2[C@H]3CC[C@@H]2[C@H](N)C3)cc2nc(-c3cc4ccc([C@@H](C)NC(=O)C5(O)CCCC5)nc4n3CC3CC3)c(C)n12. The van der Waals surface area contributed by atoms with Crippen LogP contribution in [0.2, 0.25) is 0 Å². The number of pyridine rings is 2. The number of carbonyl (C=O) groups is 2. The summed E-state index contributed by atoms with van der Waals surface area (Å²) in [5, 5.41) is 14.8. The minimum atomic E-state index is -1.29. The zero-order valence-corrected chi connectivity index (χ0v) is 26.8. The summed E-state index contributed by atoms with van der Waals surface area (Å²) in [7, 11) is 1.62. The number of nitrogens with two attached hydrogens (primary N) is 1. The number of nitrogens with zero attached hydrogens (tertiary/aromatic N) is 5. The number of imidazole rings is 1. The van der Waals surface area contributed by atoms with E-state index in [1.54, 1.807) is 7.11 Å². The first-order valence-electron chi connectivity index (χ1n) is 16.8. The molecule has 2 saturated carbocycles. The van der Waals surface area contributed by atoms with Crippen LogP contribution in [0.15, 0.2) is 30.3 Å². The third kappa shape index (κ3) is 4.69. The van der Waals surface area contributed by atoms with Gasteiger partial charge < -0.3 is 30.4 Å². The van der Waals surface area contributed by atoms with Crippen LogP contribution >= 0.6 is 0 Å². The maximum atomic E-state index is 13.8. The van der Waals surface area contributed by atoms with Gasteiger partial charge in [0.2, 0.25) is 0 Å². The molecule has 2 bridgehead atoms. The van der Waals surface area contributed by atoms with Gasteiger partial charge in [-0.05, 0) is 102 Å². The summed E-state index contributed by atoms with van der Waals surface area (Å²) in [6.07, 6.45) is 7.89. The highest BCUT2D eigenvalue weighted by Gasteiger charge is 2.47. The number of aryl methyl sites for hydroxylation is 1. The number of aromatic nitrogens is 4. The number of methoxy groups -OCH3 is 1. The third-order valence-corrected chi connectivity index (χ3v) is 11.0. The highest BCUT2D eigenvalue weighted by Crippen LogP contribution is 2.40. The van der Waals surface area contributed by atoms with Crippen LogP contribution in [-0.4, -0.2) is 71.6 Å². The molecule has 8 rings (SSSR count). The van der Waals surface area contributed by atoms with Crippen molar-refractivity contribution < 1.29 is 19.4 Å². The van der Waals surface area contributed by atoms with Gasteiger partial charge in [-0.3, -0.25) is 14.0 Å². The van der Waals surface area contributed by atoms with Gasteiger partial charge in [0.15, 0.2) is 5.88 Å². The van der Waals surface area contributed by atoms with E-state index in [4.69, 9.17) is 20.4 Å². The minimum absolute atomic E-state index is 0.00992. The summed E-state index contributed by atoms with van der Waals surface area (Å²) in [6.45, 7) is 4.77. The molecule has 11 heteroatoms. The van der Waals surface area contributed by atoms with Crippen molar-refractivity contribution in [3.05, 3.63) is 47.3 Å². The Bertz CT molecular complexity index is 1870. The van der Waals surface area contributed by atoms with E-state index >= 15 is 0 Å². The summed E-state index contributed by atoms with van der Waals surface area (Å²) in [4.78, 5) is 38.9. The Morgan fingerprint density at radius 1 is 1.13 bits per heavy atom. The van der Waals surface area contributed by atoms with Crippen molar-refractivity contribution in [3.8, 4) is 17.3 Å². The van der Waals surface area contributed by atoms with Gasteiger partial charge in [0.25, 0.3) is 11.8 Å². The Balaban J connectivity index is 1.17. The van der Waals surface area contributed by atoms with Crippen LogP contribution in [0, 0.1) is 12.8 Å². The second-order valence-corrected chi connectivity index (χ2v) is 14.1. The van der Waals surface area contributed by atoms with Crippen molar-refractivity contribution in [2.75, 3.05) is 7.11 Å². The van der Waals surface area contributed by atoms with Gasteiger partial charge in [0.1, 0.15) is 22.6 Å². The van der Waals surface area contributed by atoms with Gasteiger partial charge in [0.05, 0.1) is 30.2 Å². The van der Waals surface area contributed by atoms with Crippen LogP contribution in [0.5, 0.6) is 5.88 Å². The molecular formula is C35H43N7O4. The van der Waals surface area contributed by atoms with Crippen LogP contribution in [-0.2, 0) is 11.3 Å². The van der Waals surface area contributed by atoms with Crippen molar-refractivity contribution >= 4 is 28.5 Å². The fourth-order valence-electron chi connectivity index (χ4n) is 8.21. The molecule has 2 amide bonds. The van der Waals surface area contributed by atoms with Gasteiger partial charge in [0, 0.05) is 41.7 Å². The smallest absolute Gasteiger partial charge is 0.254 e. The van der Waals surface area contributed by atoms with Crippen molar-refractivity contribution in [1.82, 2.24) is 29.2 Å². The lowest BCUT2D eigenvalue weighted by Crippen LogP contribution is -2.45. The first-order valence-corrected chi connectivity index (χ1v) is 16.8. The van der Waals surface area contributed by atoms with Crippen molar-refractivity contribution in [1.29, 1.82) is 0 Å². The second kappa shape index (κ2) is 10.8. The second-order valence-electron chi connectivity index (χ2n) is 14.1. The molecule has 242 valence electrons. The molecule has 0 spiro atoms. The molecule has 11 nitrogen and oxygen atoms in total. The zero-order chi connectivity index (χ0) is 31.9. The number of ether oxygens (including phenoxy) is 1. The first-order chi connectivity index (χ1) is 22.1. The number of fused-ring (bicyclic) bond motifs is 4. The van der Waals surface area contributed by atoms with E-state index in [9.17, 15) is 14.7 Å². The summed E-state index contributed by atoms with van der Waals surface area (Å²) in [6, 6.07) is 9.80. The molecule has 2 saturated heterocycles. The number of carbonyl (C=O) groups excluding carboxylic acids is 2. The maximum absolute atomic E-state index is 13.8. The van der Waals surface area contributed by atoms with Gasteiger partial charge in [-0.25, -0.2) is 9.97 Å². The van der Waals surface area contributed by atoms with Crippen LogP contribution in [0.4, 0.5) is 0 Å². The fourth-order valence-corrected chi connectivity index (χ4v) is 8.21. The van der Waals surface area contributed by atoms with Crippen molar-refractivity contribution in [2.45, 2.75) is 108 Å². The van der Waals surface area contributed by atoms with E-state index in [0.717, 1.165) is 72.5 Å². The molecule has 0 unspecified atom stereocenters. The molecule has 46 heavy (non-hydrogen) atoms. The minimum Gasteiger partial charge on any atom is -0.482 e. The molecule has 0 radical (unpaired) electrons. The van der Waals surface area contributed by atoms with E-state index in [-0.39, 0.29) is 36.0 Å². The maximum Gasteiger partial charge on any atom is 0.254 e. The van der Waals surface area contributed by atoms with Gasteiger partial charge >= 0.3 is 0 Å². The van der Waals surface area contributed by atoms with Crippen LogP contribution in [0.1, 0.15) is 92.5 Å². The Labute approximate surface area is 268 Å². The van der Waals surface area contributed by atoms with Crippen molar-refractivity contribution in [2.24, 2.45) is 11.7 Å². The molecule has 4 aromatic rings. The molecule has 6 heterocycles. The number of rotatable bonds is 8. The molecule has 0 aromatic carbocycles. The molecule has 4 N–H and O–H groups in total. The lowest BCUT2D eigenvalue weighted by atomic mass is 9.97. The van der Waals surface area contributed by atoms with E-state index < -0.39 is 5.60 Å². The molecule has 4 fully saturated rings. The third-order valence-electron chi connectivity index (χ3n) is 11.0. The Hall–Kier alpha value is -3.96. The monoisotopic (exact) mass is 625 g/mol. The lowest BCUT2D eigenvalue weighted by molar-refractivity contribution is -0.139. The van der Waals surface area contributed by atoms with Crippen LogP contribution in [0.25, 0.3) is 28.1 Å². The molecule has 4 aromatic heterocycles. The quantitative estimate of drug-likeness (QED) is 0.266. The average Bonchev–Trinajstić information content (AvgIpc) is 3.37. The highest BCUT2D eigenvalue weighted by atomic mass is 16.5. The largest absolute Gasteiger partial charge is 0.482 e. The van der Waals surface area contributed by atoms with Crippen LogP contribution in [0.3, 0.4) is 0 Å². The van der Waals surface area contributed by atoms with Crippen LogP contribution < -0.4 is 15.8 Å². The molecular weight excluding hydrogens is 582 g/mol. The van der Waals surface area contributed by atoms with Gasteiger partial charge in [-0.1, -0.05) is 0 Å². The predicted octanol–water partition coefficient (Wildman–Crippen LogP) is 4.26. The topological polar surface area (TPSA) is 140 Å². The van der Waals surface area contributed by atoms with E-state index in [1.807, 2.05) is 41.3 Å². The van der Waals surface area contributed by atoms with E-state index in [2.05, 4.69) is 22.0 Å². The first kappa shape index (κ1) is 29.4. The number of hydrogen-bond donors (Lipinski definition) is 3. The van der Waals surface area contributed by atoms with E-state index in [0.29, 0.717) is 35.9 Å². The number of nitrogens with one attached hydrogen (secondary N) is 1. The Morgan fingerprint density at radius 3 is 2.59 bits per heavy atom. The summed E-state index contributed by atoms with van der Waals surface area (Å²) in [5.74, 6) is 0.809. The summed E-state index contributed by atoms with van der Waals surface area (Å²) < 4.78 is 10.1. The fraction of sp³-hybridized carbons (Fsp3) is 0.543. The lowest BCUT2D eigenvalue weighted by Gasteiger charge is -2.24. The average molecular weight is 626 g/mol. The molecule has 4 aliphatic rings. The predicted molar refractivity (Wildman–Crippen MR) is 173 cm³/mol. The van der Waals surface area contributed by atoms with Crippen molar-refractivity contribution in [3.63, 3.8) is 0 Å². The number of amides is 2. The van der Waals surface area contributed by atoms with Gasteiger partial charge in [-0.2, -0.15) is 0 Å². The Morgan fingerprint density at radius 2 is 1.91 bits per heavy atom. The molecule has 4 atom stereocenters. The normalized spacial score (nSPS) is 24.3. The standard InChI is InChI=1S/C35H43N7O4/c1-19(37-34(44)35(45)12-4-5-13-35)26-10-8-22-14-28(40(32(22)38-26)18-21-6-7-21)31-20(2)41-29(39-31)15-23(16-30(41)46-3)33(43)42-24-9-11-27(42)25(36)17-24/h8,10,14-16,19,21,24-25,27,45H,4-7,9,11-13,17-18,36H2,1-3H3,(H,37,44)/t19-,24+,25-,27-/m1/s1. The Kier molecular flexibility index (Phi) is 6.91. The molecule has 2 aliphatic heterocycles.